The molecule has 2 rings (SSSR count). The molecule has 0 saturated heterocycles. The Morgan fingerprint density at radius 3 is 2.40 bits per heavy atom. The lowest BCUT2D eigenvalue weighted by molar-refractivity contribution is 0.100. The van der Waals surface area contributed by atoms with Crippen LogP contribution in [0.5, 0.6) is 5.75 Å². The first kappa shape index (κ1) is 13.7. The molecule has 2 aromatic carbocycles. The van der Waals surface area contributed by atoms with Crippen molar-refractivity contribution in [2.45, 2.75) is 0 Å². The van der Waals surface area contributed by atoms with Crippen molar-refractivity contribution < 1.29 is 9.53 Å². The number of rotatable bonds is 4. The molecule has 104 valence electrons. The lowest BCUT2D eigenvalue weighted by atomic mass is 10.1. The Bertz CT molecular complexity index is 641. The second-order valence-corrected chi connectivity index (χ2v) is 4.33. The summed E-state index contributed by atoms with van der Waals surface area (Å²) in [4.78, 5) is 13.2. The third-order valence-electron chi connectivity index (χ3n) is 3.16. The highest BCUT2D eigenvalue weighted by atomic mass is 16.5. The maximum absolute atomic E-state index is 11.4. The van der Waals surface area contributed by atoms with Gasteiger partial charge in [-0.25, -0.2) is 0 Å². The Hall–Kier alpha value is -2.69. The molecule has 5 nitrogen and oxygen atoms in total. The maximum atomic E-state index is 11.4. The number of anilines is 3. The van der Waals surface area contributed by atoms with Crippen molar-refractivity contribution in [2.24, 2.45) is 5.73 Å². The van der Waals surface area contributed by atoms with E-state index in [0.29, 0.717) is 16.9 Å². The zero-order valence-corrected chi connectivity index (χ0v) is 11.5. The summed E-state index contributed by atoms with van der Waals surface area (Å²) in [5.41, 5.74) is 13.6. The molecule has 0 radical (unpaired) electrons. The Labute approximate surface area is 117 Å². The quantitative estimate of drug-likeness (QED) is 0.835. The van der Waals surface area contributed by atoms with E-state index in [2.05, 4.69) is 0 Å². The predicted molar refractivity (Wildman–Crippen MR) is 80.4 cm³/mol. The van der Waals surface area contributed by atoms with Gasteiger partial charge >= 0.3 is 0 Å². The molecule has 1 amide bonds. The minimum Gasteiger partial charge on any atom is -0.495 e. The molecule has 20 heavy (non-hydrogen) atoms. The summed E-state index contributed by atoms with van der Waals surface area (Å²) in [6.45, 7) is 0. The molecule has 0 unspecified atom stereocenters. The minimum atomic E-state index is -0.544. The van der Waals surface area contributed by atoms with Crippen LogP contribution in [0, 0.1) is 0 Å². The van der Waals surface area contributed by atoms with E-state index in [1.165, 1.54) is 0 Å². The van der Waals surface area contributed by atoms with E-state index in [1.54, 1.807) is 19.2 Å². The summed E-state index contributed by atoms with van der Waals surface area (Å²) >= 11 is 0. The van der Waals surface area contributed by atoms with Gasteiger partial charge < -0.3 is 21.1 Å². The van der Waals surface area contributed by atoms with Crippen LogP contribution in [0.15, 0.2) is 42.5 Å². The summed E-state index contributed by atoms with van der Waals surface area (Å²) < 4.78 is 5.33. The van der Waals surface area contributed by atoms with Gasteiger partial charge in [0.2, 0.25) is 0 Å². The molecule has 0 aliphatic rings. The Morgan fingerprint density at radius 2 is 1.75 bits per heavy atom. The van der Waals surface area contributed by atoms with Gasteiger partial charge in [0.25, 0.3) is 5.91 Å². The molecule has 0 aromatic heterocycles. The first-order valence-corrected chi connectivity index (χ1v) is 6.11. The zero-order valence-electron chi connectivity index (χ0n) is 11.5. The fourth-order valence-electron chi connectivity index (χ4n) is 2.10. The second kappa shape index (κ2) is 5.52. The van der Waals surface area contributed by atoms with Gasteiger partial charge in [-0.3, -0.25) is 4.79 Å². The number of hydrogen-bond acceptors (Lipinski definition) is 4. The van der Waals surface area contributed by atoms with E-state index in [0.717, 1.165) is 11.4 Å². The third-order valence-corrected chi connectivity index (χ3v) is 3.16. The van der Waals surface area contributed by atoms with Gasteiger partial charge in [-0.15, -0.1) is 0 Å². The number of carbonyl (C=O) groups is 1. The van der Waals surface area contributed by atoms with Crippen LogP contribution in [-0.2, 0) is 0 Å². The summed E-state index contributed by atoms with van der Waals surface area (Å²) in [7, 11) is 3.46. The first-order chi connectivity index (χ1) is 9.56. The van der Waals surface area contributed by atoms with Crippen LogP contribution in [0.25, 0.3) is 0 Å². The van der Waals surface area contributed by atoms with Crippen LogP contribution in [-0.4, -0.2) is 20.1 Å². The van der Waals surface area contributed by atoms with Crippen LogP contribution >= 0.6 is 0 Å². The van der Waals surface area contributed by atoms with E-state index in [1.807, 2.05) is 42.3 Å². The van der Waals surface area contributed by atoms with Crippen LogP contribution in [0.2, 0.25) is 0 Å². The monoisotopic (exact) mass is 271 g/mol. The number of nitrogen functional groups attached to an aromatic ring is 1. The molecule has 0 atom stereocenters. The van der Waals surface area contributed by atoms with Crippen LogP contribution in [0.4, 0.5) is 17.1 Å². The maximum Gasteiger partial charge on any atom is 0.250 e. The Morgan fingerprint density at radius 1 is 1.10 bits per heavy atom. The molecule has 0 saturated carbocycles. The average Bonchev–Trinajstić information content (AvgIpc) is 2.46. The van der Waals surface area contributed by atoms with Gasteiger partial charge in [0.1, 0.15) is 5.75 Å². The van der Waals surface area contributed by atoms with E-state index < -0.39 is 5.91 Å². The smallest absolute Gasteiger partial charge is 0.250 e. The Balaban J connectivity index is 2.51. The number of nitrogens with zero attached hydrogens (tertiary/aromatic N) is 1. The SMILES string of the molecule is COc1ccccc1N(C)c1cccc(C(N)=O)c1N. The van der Waals surface area contributed by atoms with Gasteiger partial charge in [0.15, 0.2) is 0 Å². The summed E-state index contributed by atoms with van der Waals surface area (Å²) in [6.07, 6.45) is 0. The van der Waals surface area contributed by atoms with Gasteiger partial charge in [0, 0.05) is 7.05 Å². The molecular formula is C15H17N3O2. The van der Waals surface area contributed by atoms with Crippen LogP contribution in [0.1, 0.15) is 10.4 Å². The fourth-order valence-corrected chi connectivity index (χ4v) is 2.10. The van der Waals surface area contributed by atoms with Crippen molar-refractivity contribution in [3.63, 3.8) is 0 Å². The van der Waals surface area contributed by atoms with Crippen molar-refractivity contribution in [1.29, 1.82) is 0 Å². The molecule has 0 aliphatic carbocycles. The number of benzene rings is 2. The predicted octanol–water partition coefficient (Wildman–Crippen LogP) is 2.14. The number of para-hydroxylation sites is 3. The summed E-state index contributed by atoms with van der Waals surface area (Å²) in [6, 6.07) is 12.8. The lowest BCUT2D eigenvalue weighted by Crippen LogP contribution is -2.18. The van der Waals surface area contributed by atoms with Gasteiger partial charge in [-0.1, -0.05) is 18.2 Å². The number of hydrogen-bond donors (Lipinski definition) is 2. The summed E-state index contributed by atoms with van der Waals surface area (Å²) in [5.74, 6) is 0.177. The van der Waals surface area contributed by atoms with E-state index in [4.69, 9.17) is 16.2 Å². The van der Waals surface area contributed by atoms with E-state index in [-0.39, 0.29) is 0 Å². The van der Waals surface area contributed by atoms with Crippen molar-refractivity contribution in [3.8, 4) is 5.75 Å². The standard InChI is InChI=1S/C15H17N3O2/c1-18(11-7-3-4-9-13(11)20-2)12-8-5-6-10(14(12)16)15(17)19/h3-9H,16H2,1-2H3,(H2,17,19). The summed E-state index contributed by atoms with van der Waals surface area (Å²) in [5, 5.41) is 0. The number of carbonyl (C=O) groups excluding carboxylic acids is 1. The third kappa shape index (κ3) is 2.38. The largest absolute Gasteiger partial charge is 0.495 e. The number of ether oxygens (including phenoxy) is 1. The van der Waals surface area contributed by atoms with Crippen molar-refractivity contribution in [1.82, 2.24) is 0 Å². The Kier molecular flexibility index (Phi) is 3.79. The zero-order chi connectivity index (χ0) is 14.7. The van der Waals surface area contributed by atoms with Gasteiger partial charge in [-0.05, 0) is 24.3 Å². The molecule has 0 heterocycles. The van der Waals surface area contributed by atoms with Crippen molar-refractivity contribution >= 4 is 23.0 Å². The van der Waals surface area contributed by atoms with E-state index >= 15 is 0 Å². The molecule has 2 aromatic rings. The highest BCUT2D eigenvalue weighted by molar-refractivity contribution is 6.01. The molecular weight excluding hydrogens is 254 g/mol. The average molecular weight is 271 g/mol. The topological polar surface area (TPSA) is 81.6 Å². The van der Waals surface area contributed by atoms with Crippen LogP contribution in [0.3, 0.4) is 0 Å². The molecule has 5 heteroatoms. The molecule has 0 bridgehead atoms. The van der Waals surface area contributed by atoms with Crippen molar-refractivity contribution in [2.75, 3.05) is 24.8 Å². The minimum absolute atomic E-state index is 0.309. The molecule has 0 fully saturated rings. The molecule has 0 aliphatic heterocycles. The van der Waals surface area contributed by atoms with E-state index in [9.17, 15) is 4.79 Å². The van der Waals surface area contributed by atoms with Crippen LogP contribution < -0.4 is 21.1 Å². The molecule has 4 N–H and O–H groups in total. The number of amides is 1. The lowest BCUT2D eigenvalue weighted by Gasteiger charge is -2.24. The highest BCUT2D eigenvalue weighted by Gasteiger charge is 2.15. The fraction of sp³-hybridized carbons (Fsp3) is 0.133. The second-order valence-electron chi connectivity index (χ2n) is 4.33. The van der Waals surface area contributed by atoms with Gasteiger partial charge in [0.05, 0.1) is 29.7 Å². The number of nitrogens with two attached hydrogens (primary N) is 2. The molecule has 0 spiro atoms. The van der Waals surface area contributed by atoms with Crippen molar-refractivity contribution in [3.05, 3.63) is 48.0 Å². The number of methoxy groups -OCH3 is 1. The highest BCUT2D eigenvalue weighted by Crippen LogP contribution is 2.35. The normalized spacial score (nSPS) is 10.1. The van der Waals surface area contributed by atoms with Gasteiger partial charge in [-0.2, -0.15) is 0 Å². The first-order valence-electron chi connectivity index (χ1n) is 6.11. The number of primary amides is 1.